The number of aliphatic hydroxyl groups is 1. The highest BCUT2D eigenvalue weighted by Gasteiger charge is 2.55. The number of nitrogens with zero attached hydrogens (tertiary/aromatic N) is 3. The van der Waals surface area contributed by atoms with Gasteiger partial charge in [0, 0.05) is 49.2 Å². The zero-order valence-electron chi connectivity index (χ0n) is 16.9. The van der Waals surface area contributed by atoms with Crippen molar-refractivity contribution in [1.29, 1.82) is 0 Å². The maximum absolute atomic E-state index is 12.8. The van der Waals surface area contributed by atoms with Gasteiger partial charge in [-0.05, 0) is 57.9 Å². The van der Waals surface area contributed by atoms with E-state index in [0.717, 1.165) is 54.4 Å². The minimum Gasteiger partial charge on any atom is -0.389 e. The van der Waals surface area contributed by atoms with Crippen LogP contribution >= 0.6 is 0 Å². The number of rotatable bonds is 7. The smallest absolute Gasteiger partial charge is 0.165 e. The van der Waals surface area contributed by atoms with Gasteiger partial charge in [-0.15, -0.1) is 0 Å². The summed E-state index contributed by atoms with van der Waals surface area (Å²) in [5, 5.41) is 15.7. The summed E-state index contributed by atoms with van der Waals surface area (Å²) >= 11 is 0. The molecule has 0 radical (unpaired) electrons. The van der Waals surface area contributed by atoms with Gasteiger partial charge in [-0.3, -0.25) is 14.4 Å². The largest absolute Gasteiger partial charge is 0.389 e. The zero-order valence-corrected chi connectivity index (χ0v) is 16.9. The minimum absolute atomic E-state index is 0.216. The summed E-state index contributed by atoms with van der Waals surface area (Å²) in [7, 11) is 0. The molecule has 0 amide bonds. The van der Waals surface area contributed by atoms with E-state index < -0.39 is 5.60 Å². The molecule has 2 fully saturated rings. The summed E-state index contributed by atoms with van der Waals surface area (Å²) in [6.45, 7) is 10.8. The van der Waals surface area contributed by atoms with Gasteiger partial charge in [0.05, 0.1) is 5.60 Å². The summed E-state index contributed by atoms with van der Waals surface area (Å²) in [5.41, 5.74) is 0.977. The Hall–Kier alpha value is -1.72. The normalized spacial score (nSPS) is 25.3. The van der Waals surface area contributed by atoms with Crippen LogP contribution in [-0.4, -0.2) is 50.8 Å². The van der Waals surface area contributed by atoms with E-state index in [1.807, 2.05) is 42.9 Å². The van der Waals surface area contributed by atoms with Crippen molar-refractivity contribution in [3.63, 3.8) is 0 Å². The van der Waals surface area contributed by atoms with Gasteiger partial charge >= 0.3 is 0 Å². The number of piperidine rings is 1. The first-order valence-electron chi connectivity index (χ1n) is 10.2. The van der Waals surface area contributed by atoms with Gasteiger partial charge in [0.15, 0.2) is 5.78 Å². The average Bonchev–Trinajstić information content (AvgIpc) is 2.95. The van der Waals surface area contributed by atoms with Crippen LogP contribution < -0.4 is 0 Å². The molecule has 2 heterocycles. The third-order valence-corrected chi connectivity index (χ3v) is 6.15. The van der Waals surface area contributed by atoms with E-state index in [-0.39, 0.29) is 11.8 Å². The van der Waals surface area contributed by atoms with Gasteiger partial charge < -0.3 is 5.11 Å². The van der Waals surface area contributed by atoms with Crippen LogP contribution in [0.2, 0.25) is 0 Å². The number of likely N-dealkylation sites (tertiary alicyclic amines) is 1. The molecule has 2 aromatic rings. The van der Waals surface area contributed by atoms with Crippen molar-refractivity contribution in [2.24, 2.45) is 17.8 Å². The fraction of sp³-hybridized carbons (Fsp3) is 0.636. The maximum atomic E-state index is 12.8. The van der Waals surface area contributed by atoms with Crippen LogP contribution in [0.15, 0.2) is 24.4 Å². The molecule has 1 saturated heterocycles. The van der Waals surface area contributed by atoms with E-state index in [1.165, 1.54) is 0 Å². The monoisotopic (exact) mass is 369 g/mol. The van der Waals surface area contributed by atoms with E-state index in [4.69, 9.17) is 0 Å². The van der Waals surface area contributed by atoms with E-state index in [9.17, 15) is 9.90 Å². The molecule has 2 unspecified atom stereocenters. The number of β-amino-alcohol motifs (C(OH)–C–C–N with tert-alkyl or cyclic N) is 1. The number of carbonyl (C=O) groups excluding carboxylic acids is 1. The second kappa shape index (κ2) is 6.71. The van der Waals surface area contributed by atoms with Crippen LogP contribution in [0.25, 0.3) is 10.9 Å². The number of Topliss-reactive ketones (excluding diaryl/α,β-unsaturated/α-hetero) is 1. The first-order valence-corrected chi connectivity index (χ1v) is 10.2. The summed E-state index contributed by atoms with van der Waals surface area (Å²) < 4.78 is 1.93. The molecule has 1 saturated carbocycles. The number of fused-ring (bicyclic) bond motifs is 2. The maximum Gasteiger partial charge on any atom is 0.165 e. The summed E-state index contributed by atoms with van der Waals surface area (Å²) in [6.07, 6.45) is 3.61. The molecule has 2 aliphatic rings. The van der Waals surface area contributed by atoms with Crippen LogP contribution in [0.5, 0.6) is 0 Å². The molecule has 146 valence electrons. The molecule has 1 aliphatic heterocycles. The second-order valence-corrected chi connectivity index (χ2v) is 9.41. The summed E-state index contributed by atoms with van der Waals surface area (Å²) in [4.78, 5) is 15.2. The molecule has 1 aliphatic carbocycles. The van der Waals surface area contributed by atoms with Crippen molar-refractivity contribution in [1.82, 2.24) is 14.7 Å². The number of aromatic nitrogens is 2. The highest BCUT2D eigenvalue weighted by Crippen LogP contribution is 2.54. The summed E-state index contributed by atoms with van der Waals surface area (Å²) in [6, 6.07) is 6.20. The lowest BCUT2D eigenvalue weighted by atomic mass is 10.0. The van der Waals surface area contributed by atoms with Gasteiger partial charge in [0.1, 0.15) is 5.52 Å². The van der Waals surface area contributed by atoms with Crippen LogP contribution in [0.1, 0.15) is 56.9 Å². The molecule has 5 nitrogen and oxygen atoms in total. The Bertz CT molecular complexity index is 837. The molecule has 27 heavy (non-hydrogen) atoms. The number of carbonyl (C=O) groups is 1. The van der Waals surface area contributed by atoms with Crippen LogP contribution in [0, 0.1) is 17.8 Å². The van der Waals surface area contributed by atoms with Crippen molar-refractivity contribution in [3.05, 3.63) is 30.0 Å². The lowest BCUT2D eigenvalue weighted by molar-refractivity contribution is 0.0388. The third kappa shape index (κ3) is 3.81. The Kier molecular flexibility index (Phi) is 4.63. The zero-order chi connectivity index (χ0) is 19.3. The summed E-state index contributed by atoms with van der Waals surface area (Å²) in [5.74, 6) is 2.33. The fourth-order valence-electron chi connectivity index (χ4n) is 4.83. The lowest BCUT2D eigenvalue weighted by Gasteiger charge is -2.27. The standard InChI is InChI=1S/C22H31N3O2/c1-14(2)25-10-15-6-5-7-17(21(15)23-25)20(26)9-8-16-18-11-24(12-19(16)18)13-22(3,4)27/h5-7,10,14,16,18-19,27H,8-9,11-13H2,1-4H3. The highest BCUT2D eigenvalue weighted by molar-refractivity contribution is 6.06. The number of ketones is 1. The first kappa shape index (κ1) is 18.6. The molecular weight excluding hydrogens is 338 g/mol. The van der Waals surface area contributed by atoms with Crippen LogP contribution in [-0.2, 0) is 0 Å². The van der Waals surface area contributed by atoms with Gasteiger partial charge in [-0.1, -0.05) is 12.1 Å². The molecule has 5 heteroatoms. The van der Waals surface area contributed by atoms with Crippen molar-refractivity contribution in [2.75, 3.05) is 19.6 Å². The Morgan fingerprint density at radius 1 is 1.30 bits per heavy atom. The van der Waals surface area contributed by atoms with Crippen molar-refractivity contribution < 1.29 is 9.90 Å². The van der Waals surface area contributed by atoms with Crippen LogP contribution in [0.3, 0.4) is 0 Å². The van der Waals surface area contributed by atoms with E-state index in [1.54, 1.807) is 0 Å². The van der Waals surface area contributed by atoms with E-state index in [0.29, 0.717) is 12.3 Å². The second-order valence-electron chi connectivity index (χ2n) is 9.41. The van der Waals surface area contributed by atoms with Crippen molar-refractivity contribution >= 4 is 16.7 Å². The molecule has 2 atom stereocenters. The molecule has 1 aromatic carbocycles. The van der Waals surface area contributed by atoms with Gasteiger partial charge in [0.2, 0.25) is 0 Å². The van der Waals surface area contributed by atoms with Gasteiger partial charge in [-0.25, -0.2) is 0 Å². The third-order valence-electron chi connectivity index (χ3n) is 6.15. The predicted octanol–water partition coefficient (Wildman–Crippen LogP) is 3.53. The van der Waals surface area contributed by atoms with Gasteiger partial charge in [-0.2, -0.15) is 5.10 Å². The van der Waals surface area contributed by atoms with Crippen molar-refractivity contribution in [2.45, 2.75) is 52.2 Å². The molecule has 4 rings (SSSR count). The minimum atomic E-state index is -0.625. The van der Waals surface area contributed by atoms with Crippen LogP contribution in [0.4, 0.5) is 0 Å². The molecular formula is C22H31N3O2. The van der Waals surface area contributed by atoms with E-state index >= 15 is 0 Å². The number of hydrogen-bond acceptors (Lipinski definition) is 4. The predicted molar refractivity (Wildman–Crippen MR) is 107 cm³/mol. The number of hydrogen-bond donors (Lipinski definition) is 1. The van der Waals surface area contributed by atoms with Crippen molar-refractivity contribution in [3.8, 4) is 0 Å². The Morgan fingerprint density at radius 2 is 2.00 bits per heavy atom. The quantitative estimate of drug-likeness (QED) is 0.759. The molecule has 1 N–H and O–H groups in total. The molecule has 0 bridgehead atoms. The Morgan fingerprint density at radius 3 is 2.63 bits per heavy atom. The highest BCUT2D eigenvalue weighted by atomic mass is 16.3. The Balaban J connectivity index is 1.35. The topological polar surface area (TPSA) is 58.4 Å². The van der Waals surface area contributed by atoms with Gasteiger partial charge in [0.25, 0.3) is 0 Å². The first-order chi connectivity index (χ1) is 12.7. The number of benzene rings is 1. The fourth-order valence-corrected chi connectivity index (χ4v) is 4.83. The average molecular weight is 370 g/mol. The molecule has 1 aromatic heterocycles. The van der Waals surface area contributed by atoms with E-state index in [2.05, 4.69) is 23.8 Å². The Labute approximate surface area is 161 Å². The lowest BCUT2D eigenvalue weighted by Crippen LogP contribution is -2.38. The SMILES string of the molecule is CC(C)n1cc2cccc(C(=O)CCC3C4CN(CC(C)(C)O)CC34)c2n1. The molecule has 0 spiro atoms.